The maximum atomic E-state index is 12.0. The Labute approximate surface area is 159 Å². The average molecular weight is 368 g/mol. The zero-order valence-electron chi connectivity index (χ0n) is 16.8. The molecular formula is C21H37NO4. The van der Waals surface area contributed by atoms with Crippen molar-refractivity contribution in [3.8, 4) is 0 Å². The van der Waals surface area contributed by atoms with Gasteiger partial charge in [0, 0.05) is 26.4 Å². The van der Waals surface area contributed by atoms with Crippen LogP contribution in [-0.4, -0.2) is 48.7 Å². The van der Waals surface area contributed by atoms with Gasteiger partial charge in [-0.1, -0.05) is 56.9 Å². The first-order chi connectivity index (χ1) is 12.5. The van der Waals surface area contributed by atoms with E-state index in [-0.39, 0.29) is 18.0 Å². The number of carbonyl (C=O) groups excluding carboxylic acids is 2. The summed E-state index contributed by atoms with van der Waals surface area (Å²) in [5.74, 6) is -0.0545. The molecule has 1 amide bonds. The molecule has 0 aliphatic rings. The number of esters is 1. The second-order valence-corrected chi connectivity index (χ2v) is 6.62. The Hall–Kier alpha value is -1.62. The van der Waals surface area contributed by atoms with Gasteiger partial charge in [-0.05, 0) is 25.7 Å². The van der Waals surface area contributed by atoms with E-state index in [1.165, 1.54) is 7.11 Å². The highest BCUT2D eigenvalue weighted by Crippen LogP contribution is 2.06. The topological polar surface area (TPSA) is 66.8 Å². The van der Waals surface area contributed by atoms with Crippen LogP contribution in [0.15, 0.2) is 24.3 Å². The predicted octanol–water partition coefficient (Wildman–Crippen LogP) is 4.01. The third kappa shape index (κ3) is 14.7. The number of aliphatic hydroxyl groups excluding tert-OH is 1. The summed E-state index contributed by atoms with van der Waals surface area (Å²) in [6.45, 7) is 2.84. The Morgan fingerprint density at radius 3 is 2.50 bits per heavy atom. The van der Waals surface area contributed by atoms with Crippen LogP contribution >= 0.6 is 0 Å². The Morgan fingerprint density at radius 2 is 1.81 bits per heavy atom. The summed E-state index contributed by atoms with van der Waals surface area (Å²) in [7, 11) is 3.21. The first kappa shape index (κ1) is 24.4. The molecular weight excluding hydrogens is 330 g/mol. The summed E-state index contributed by atoms with van der Waals surface area (Å²) >= 11 is 0. The average Bonchev–Trinajstić information content (AvgIpc) is 2.63. The van der Waals surface area contributed by atoms with Crippen LogP contribution in [0.25, 0.3) is 0 Å². The third-order valence-corrected chi connectivity index (χ3v) is 4.24. The molecule has 26 heavy (non-hydrogen) atoms. The van der Waals surface area contributed by atoms with Gasteiger partial charge in [-0.3, -0.25) is 9.59 Å². The largest absolute Gasteiger partial charge is 0.469 e. The van der Waals surface area contributed by atoms with Crippen molar-refractivity contribution in [3.63, 3.8) is 0 Å². The molecule has 0 spiro atoms. The zero-order chi connectivity index (χ0) is 19.6. The summed E-state index contributed by atoms with van der Waals surface area (Å²) in [6, 6.07) is 0. The number of unbranched alkanes of at least 4 members (excludes halogenated alkanes) is 4. The predicted molar refractivity (Wildman–Crippen MR) is 106 cm³/mol. The summed E-state index contributed by atoms with van der Waals surface area (Å²) < 4.78 is 4.58. The van der Waals surface area contributed by atoms with Crippen molar-refractivity contribution in [2.45, 2.75) is 77.2 Å². The van der Waals surface area contributed by atoms with Gasteiger partial charge < -0.3 is 14.7 Å². The van der Waals surface area contributed by atoms with E-state index in [1.807, 2.05) is 31.4 Å². The quantitative estimate of drug-likeness (QED) is 0.270. The maximum absolute atomic E-state index is 12.0. The van der Waals surface area contributed by atoms with Crippen LogP contribution < -0.4 is 0 Å². The molecule has 0 saturated carbocycles. The summed E-state index contributed by atoms with van der Waals surface area (Å²) in [6.07, 6.45) is 15.6. The van der Waals surface area contributed by atoms with Crippen LogP contribution in [0, 0.1) is 0 Å². The molecule has 0 aliphatic heterocycles. The Balaban J connectivity index is 3.74. The molecule has 0 saturated heterocycles. The Kier molecular flexibility index (Phi) is 15.8. The van der Waals surface area contributed by atoms with Gasteiger partial charge in [-0.2, -0.15) is 0 Å². The number of rotatable bonds is 15. The highest BCUT2D eigenvalue weighted by atomic mass is 16.5. The van der Waals surface area contributed by atoms with Crippen LogP contribution in [0.3, 0.4) is 0 Å². The molecule has 0 aromatic rings. The van der Waals surface area contributed by atoms with Gasteiger partial charge in [0.25, 0.3) is 0 Å². The maximum Gasteiger partial charge on any atom is 0.305 e. The second kappa shape index (κ2) is 16.8. The molecule has 0 rings (SSSR count). The van der Waals surface area contributed by atoms with Crippen molar-refractivity contribution in [2.24, 2.45) is 0 Å². The number of hydrogen-bond acceptors (Lipinski definition) is 4. The fourth-order valence-electron chi connectivity index (χ4n) is 2.48. The molecule has 1 atom stereocenters. The van der Waals surface area contributed by atoms with Crippen molar-refractivity contribution >= 4 is 11.9 Å². The molecule has 1 N–H and O–H groups in total. The van der Waals surface area contributed by atoms with Gasteiger partial charge in [-0.25, -0.2) is 0 Å². The van der Waals surface area contributed by atoms with E-state index in [0.717, 1.165) is 51.4 Å². The first-order valence-electron chi connectivity index (χ1n) is 9.83. The third-order valence-electron chi connectivity index (χ3n) is 4.24. The van der Waals surface area contributed by atoms with E-state index in [2.05, 4.69) is 11.7 Å². The standard InChI is InChI=1S/C21H37NO4/c1-4-5-9-14-19(23)15-10-6-7-13-18-22(2)20(24)16-11-8-12-17-21(25)26-3/h6-7,10,15,19,23H,4-5,8-9,11-14,16-18H2,1-3H3/b7-6+,15-10+. The minimum Gasteiger partial charge on any atom is -0.469 e. The lowest BCUT2D eigenvalue weighted by molar-refractivity contribution is -0.140. The highest BCUT2D eigenvalue weighted by molar-refractivity contribution is 5.75. The number of aliphatic hydroxyl groups is 1. The minimum atomic E-state index is -0.366. The van der Waals surface area contributed by atoms with Gasteiger partial charge in [0.2, 0.25) is 5.91 Å². The second-order valence-electron chi connectivity index (χ2n) is 6.62. The smallest absolute Gasteiger partial charge is 0.305 e. The van der Waals surface area contributed by atoms with E-state index in [4.69, 9.17) is 0 Å². The number of carbonyl (C=O) groups is 2. The minimum absolute atomic E-state index is 0.137. The van der Waals surface area contributed by atoms with E-state index >= 15 is 0 Å². The van der Waals surface area contributed by atoms with Gasteiger partial charge in [0.05, 0.1) is 13.2 Å². The molecule has 0 aromatic carbocycles. The lowest BCUT2D eigenvalue weighted by Crippen LogP contribution is -2.27. The van der Waals surface area contributed by atoms with E-state index in [1.54, 1.807) is 4.90 Å². The monoisotopic (exact) mass is 367 g/mol. The van der Waals surface area contributed by atoms with Gasteiger partial charge in [0.1, 0.15) is 0 Å². The van der Waals surface area contributed by atoms with Crippen molar-refractivity contribution in [3.05, 3.63) is 24.3 Å². The van der Waals surface area contributed by atoms with Gasteiger partial charge >= 0.3 is 5.97 Å². The Morgan fingerprint density at radius 1 is 1.08 bits per heavy atom. The molecule has 0 aromatic heterocycles. The molecule has 5 nitrogen and oxygen atoms in total. The first-order valence-corrected chi connectivity index (χ1v) is 9.83. The van der Waals surface area contributed by atoms with Gasteiger partial charge in [0.15, 0.2) is 0 Å². The number of ether oxygens (including phenoxy) is 1. The Bertz CT molecular complexity index is 432. The normalized spacial score (nSPS) is 12.6. The van der Waals surface area contributed by atoms with Crippen LogP contribution in [0.5, 0.6) is 0 Å². The summed E-state index contributed by atoms with van der Waals surface area (Å²) in [5, 5.41) is 9.76. The molecule has 150 valence electrons. The van der Waals surface area contributed by atoms with Crippen molar-refractivity contribution in [1.82, 2.24) is 4.90 Å². The van der Waals surface area contributed by atoms with E-state index < -0.39 is 0 Å². The molecule has 1 unspecified atom stereocenters. The lowest BCUT2D eigenvalue weighted by atomic mass is 10.1. The zero-order valence-corrected chi connectivity index (χ0v) is 16.8. The number of methoxy groups -OCH3 is 1. The van der Waals surface area contributed by atoms with Gasteiger partial charge in [-0.15, -0.1) is 0 Å². The van der Waals surface area contributed by atoms with Crippen molar-refractivity contribution in [2.75, 3.05) is 20.7 Å². The van der Waals surface area contributed by atoms with Crippen LogP contribution in [0.1, 0.15) is 71.1 Å². The van der Waals surface area contributed by atoms with Crippen molar-refractivity contribution < 1.29 is 19.4 Å². The fourth-order valence-corrected chi connectivity index (χ4v) is 2.48. The van der Waals surface area contributed by atoms with Crippen molar-refractivity contribution in [1.29, 1.82) is 0 Å². The van der Waals surface area contributed by atoms with Crippen LogP contribution in [0.4, 0.5) is 0 Å². The molecule has 0 fully saturated rings. The highest BCUT2D eigenvalue weighted by Gasteiger charge is 2.07. The molecule has 0 bridgehead atoms. The fraction of sp³-hybridized carbons (Fsp3) is 0.714. The number of nitrogens with zero attached hydrogens (tertiary/aromatic N) is 1. The molecule has 5 heteroatoms. The molecule has 0 heterocycles. The number of allylic oxidation sites excluding steroid dienone is 2. The van der Waals surface area contributed by atoms with E-state index in [0.29, 0.717) is 19.4 Å². The van der Waals surface area contributed by atoms with E-state index in [9.17, 15) is 14.7 Å². The molecule has 0 aliphatic carbocycles. The number of amides is 1. The molecule has 0 radical (unpaired) electrons. The summed E-state index contributed by atoms with van der Waals surface area (Å²) in [4.78, 5) is 24.7. The van der Waals surface area contributed by atoms with Crippen LogP contribution in [-0.2, 0) is 14.3 Å². The number of hydrogen-bond donors (Lipinski definition) is 1. The van der Waals surface area contributed by atoms with Crippen LogP contribution in [0.2, 0.25) is 0 Å². The SMILES string of the molecule is CCCCCC(O)/C=C/C=C/CCN(C)C(=O)CCCCCC(=O)OC. The lowest BCUT2D eigenvalue weighted by Gasteiger charge is -2.15. The summed E-state index contributed by atoms with van der Waals surface area (Å²) in [5.41, 5.74) is 0.